The van der Waals surface area contributed by atoms with Crippen molar-refractivity contribution in [1.82, 2.24) is 15.2 Å². The van der Waals surface area contributed by atoms with Crippen LogP contribution in [0.25, 0.3) is 11.4 Å². The number of nitrogens with zero attached hydrogens (tertiary/aromatic N) is 2. The van der Waals surface area contributed by atoms with Gasteiger partial charge in [-0.05, 0) is 18.9 Å². The van der Waals surface area contributed by atoms with Crippen LogP contribution >= 0.6 is 11.8 Å². The standard InChI is InChI=1S/C14H17N3O2S/c1-4-10-5-7-11(8-6-10)12-15-14(17-16-12)20-9(2)13(18)19-3/h5-9H,4H2,1-3H3,(H,15,16,17)/t9-/m1/s1. The van der Waals surface area contributed by atoms with Crippen molar-refractivity contribution in [2.45, 2.75) is 30.7 Å². The van der Waals surface area contributed by atoms with Crippen LogP contribution in [-0.4, -0.2) is 33.5 Å². The number of nitrogens with one attached hydrogen (secondary N) is 1. The van der Waals surface area contributed by atoms with Crippen molar-refractivity contribution in [2.24, 2.45) is 0 Å². The quantitative estimate of drug-likeness (QED) is 0.677. The summed E-state index contributed by atoms with van der Waals surface area (Å²) in [5.41, 5.74) is 2.26. The first kappa shape index (κ1) is 14.6. The number of aryl methyl sites for hydroxylation is 1. The topological polar surface area (TPSA) is 67.9 Å². The summed E-state index contributed by atoms with van der Waals surface area (Å²) in [5, 5.41) is 7.21. The maximum Gasteiger partial charge on any atom is 0.318 e. The molecule has 1 aromatic carbocycles. The monoisotopic (exact) mass is 291 g/mol. The molecular formula is C14H17N3O2S. The minimum Gasteiger partial charge on any atom is -0.468 e. The predicted octanol–water partition coefficient (Wildman–Crippen LogP) is 2.69. The molecule has 0 aliphatic carbocycles. The normalized spacial score (nSPS) is 12.2. The van der Waals surface area contributed by atoms with Gasteiger partial charge in [-0.3, -0.25) is 9.89 Å². The molecule has 0 aliphatic heterocycles. The largest absolute Gasteiger partial charge is 0.468 e. The molecule has 0 spiro atoms. The van der Waals surface area contributed by atoms with Crippen molar-refractivity contribution in [3.63, 3.8) is 0 Å². The van der Waals surface area contributed by atoms with Crippen LogP contribution in [-0.2, 0) is 16.0 Å². The smallest absolute Gasteiger partial charge is 0.318 e. The van der Waals surface area contributed by atoms with E-state index in [0.29, 0.717) is 11.0 Å². The highest BCUT2D eigenvalue weighted by molar-refractivity contribution is 8.00. The minimum atomic E-state index is -0.328. The molecule has 106 valence electrons. The molecule has 2 rings (SSSR count). The van der Waals surface area contributed by atoms with Gasteiger partial charge in [0, 0.05) is 5.56 Å². The first-order valence-corrected chi connectivity index (χ1v) is 7.28. The van der Waals surface area contributed by atoms with Crippen LogP contribution in [0.5, 0.6) is 0 Å². The molecule has 0 aliphatic rings. The van der Waals surface area contributed by atoms with E-state index in [1.165, 1.54) is 24.4 Å². The number of benzene rings is 1. The molecule has 0 saturated carbocycles. The summed E-state index contributed by atoms with van der Waals surface area (Å²) in [6.45, 7) is 3.88. The van der Waals surface area contributed by atoms with E-state index in [1.54, 1.807) is 6.92 Å². The maximum absolute atomic E-state index is 11.4. The van der Waals surface area contributed by atoms with E-state index < -0.39 is 0 Å². The van der Waals surface area contributed by atoms with Crippen LogP contribution in [0, 0.1) is 0 Å². The van der Waals surface area contributed by atoms with Gasteiger partial charge in [0.25, 0.3) is 0 Å². The van der Waals surface area contributed by atoms with E-state index in [-0.39, 0.29) is 11.2 Å². The maximum atomic E-state index is 11.4. The van der Waals surface area contributed by atoms with E-state index in [1.807, 2.05) is 12.1 Å². The minimum absolute atomic E-state index is 0.284. The predicted molar refractivity (Wildman–Crippen MR) is 78.5 cm³/mol. The van der Waals surface area contributed by atoms with Crippen LogP contribution in [0.1, 0.15) is 19.4 Å². The number of ether oxygens (including phenoxy) is 1. The number of methoxy groups -OCH3 is 1. The zero-order valence-corrected chi connectivity index (χ0v) is 12.5. The first-order chi connectivity index (χ1) is 9.63. The van der Waals surface area contributed by atoms with E-state index in [2.05, 4.69) is 39.0 Å². The molecule has 6 heteroatoms. The number of thioether (sulfide) groups is 1. The van der Waals surface area contributed by atoms with Crippen molar-refractivity contribution in [1.29, 1.82) is 0 Å². The van der Waals surface area contributed by atoms with Gasteiger partial charge in [-0.25, -0.2) is 4.98 Å². The number of aromatic nitrogens is 3. The van der Waals surface area contributed by atoms with Crippen LogP contribution in [0.15, 0.2) is 29.4 Å². The summed E-state index contributed by atoms with van der Waals surface area (Å²) in [6.07, 6.45) is 1.01. The zero-order valence-electron chi connectivity index (χ0n) is 11.7. The molecule has 0 fully saturated rings. The first-order valence-electron chi connectivity index (χ1n) is 6.40. The van der Waals surface area contributed by atoms with Crippen molar-refractivity contribution >= 4 is 17.7 Å². The number of aromatic amines is 1. The number of carbonyl (C=O) groups is 1. The Morgan fingerprint density at radius 3 is 2.70 bits per heavy atom. The van der Waals surface area contributed by atoms with Gasteiger partial charge in [0.2, 0.25) is 5.16 Å². The summed E-state index contributed by atoms with van der Waals surface area (Å²) in [4.78, 5) is 15.7. The van der Waals surface area contributed by atoms with Gasteiger partial charge in [-0.2, -0.15) is 0 Å². The van der Waals surface area contributed by atoms with E-state index in [4.69, 9.17) is 0 Å². The van der Waals surface area contributed by atoms with Gasteiger partial charge in [-0.15, -0.1) is 5.10 Å². The molecule has 1 N–H and O–H groups in total. The second-order valence-corrected chi connectivity index (χ2v) is 5.61. The summed E-state index contributed by atoms with van der Waals surface area (Å²) in [5.74, 6) is 0.417. The van der Waals surface area contributed by atoms with Gasteiger partial charge < -0.3 is 4.74 Å². The Morgan fingerprint density at radius 2 is 2.10 bits per heavy atom. The van der Waals surface area contributed by atoms with Gasteiger partial charge in [-0.1, -0.05) is 43.0 Å². The Bertz CT molecular complexity index is 580. The molecule has 0 unspecified atom stereocenters. The molecule has 1 atom stereocenters. The van der Waals surface area contributed by atoms with E-state index in [0.717, 1.165) is 12.0 Å². The fourth-order valence-electron chi connectivity index (χ4n) is 1.70. The highest BCUT2D eigenvalue weighted by atomic mass is 32.2. The Labute approximate surface area is 122 Å². The Hall–Kier alpha value is -1.82. The number of hydrogen-bond donors (Lipinski definition) is 1. The SMILES string of the molecule is CCc1ccc(-c2nc(S[C@H](C)C(=O)OC)n[nH]2)cc1. The van der Waals surface area contributed by atoms with Crippen molar-refractivity contribution < 1.29 is 9.53 Å². The molecule has 1 aromatic heterocycles. The van der Waals surface area contributed by atoms with Crippen LogP contribution in [0.3, 0.4) is 0 Å². The lowest BCUT2D eigenvalue weighted by Crippen LogP contribution is -2.14. The molecule has 0 saturated heterocycles. The lowest BCUT2D eigenvalue weighted by Gasteiger charge is -2.04. The van der Waals surface area contributed by atoms with Crippen LogP contribution < -0.4 is 0 Å². The molecule has 1 heterocycles. The van der Waals surface area contributed by atoms with Gasteiger partial charge in [0.15, 0.2) is 5.82 Å². The van der Waals surface area contributed by atoms with Gasteiger partial charge in [0.1, 0.15) is 5.25 Å². The Kier molecular flexibility index (Phi) is 4.79. The third-order valence-electron chi connectivity index (χ3n) is 2.92. The van der Waals surface area contributed by atoms with Crippen molar-refractivity contribution in [3.05, 3.63) is 29.8 Å². The van der Waals surface area contributed by atoms with Crippen molar-refractivity contribution in [3.8, 4) is 11.4 Å². The zero-order chi connectivity index (χ0) is 14.5. The van der Waals surface area contributed by atoms with Gasteiger partial charge in [0.05, 0.1) is 7.11 Å². The fourth-order valence-corrected chi connectivity index (χ4v) is 2.45. The van der Waals surface area contributed by atoms with Crippen LogP contribution in [0.2, 0.25) is 0 Å². The molecule has 5 nitrogen and oxygen atoms in total. The van der Waals surface area contributed by atoms with Crippen molar-refractivity contribution in [2.75, 3.05) is 7.11 Å². The number of esters is 1. The second kappa shape index (κ2) is 6.56. The third-order valence-corrected chi connectivity index (χ3v) is 3.86. The molecular weight excluding hydrogens is 274 g/mol. The average molecular weight is 291 g/mol. The van der Waals surface area contributed by atoms with E-state index >= 15 is 0 Å². The van der Waals surface area contributed by atoms with Gasteiger partial charge >= 0.3 is 5.97 Å². The second-order valence-electron chi connectivity index (χ2n) is 4.30. The highest BCUT2D eigenvalue weighted by Crippen LogP contribution is 2.23. The number of hydrogen-bond acceptors (Lipinski definition) is 5. The number of carbonyl (C=O) groups excluding carboxylic acids is 1. The molecule has 2 aromatic rings. The molecule has 0 bridgehead atoms. The summed E-state index contributed by atoms with van der Waals surface area (Å²) < 4.78 is 4.68. The molecule has 20 heavy (non-hydrogen) atoms. The third kappa shape index (κ3) is 3.39. The summed E-state index contributed by atoms with van der Waals surface area (Å²) in [6, 6.07) is 8.17. The molecule has 0 radical (unpaired) electrons. The summed E-state index contributed by atoms with van der Waals surface area (Å²) in [7, 11) is 1.37. The average Bonchev–Trinajstić information content (AvgIpc) is 2.94. The number of rotatable bonds is 5. The lowest BCUT2D eigenvalue weighted by atomic mass is 10.1. The fraction of sp³-hybridized carbons (Fsp3) is 0.357. The number of H-pyrrole nitrogens is 1. The molecule has 0 amide bonds. The van der Waals surface area contributed by atoms with E-state index in [9.17, 15) is 4.79 Å². The Morgan fingerprint density at radius 1 is 1.40 bits per heavy atom. The summed E-state index contributed by atoms with van der Waals surface area (Å²) >= 11 is 1.27. The highest BCUT2D eigenvalue weighted by Gasteiger charge is 2.17. The lowest BCUT2D eigenvalue weighted by molar-refractivity contribution is -0.139. The van der Waals surface area contributed by atoms with Crippen LogP contribution in [0.4, 0.5) is 0 Å². The Balaban J connectivity index is 2.09.